The molecule has 2 saturated heterocycles. The molecule has 2 aliphatic rings. The van der Waals surface area contributed by atoms with Gasteiger partial charge in [0.05, 0.1) is 6.04 Å². The summed E-state index contributed by atoms with van der Waals surface area (Å²) >= 11 is 0. The summed E-state index contributed by atoms with van der Waals surface area (Å²) in [5.41, 5.74) is 2.60. The molecule has 6 heteroatoms. The predicted molar refractivity (Wildman–Crippen MR) is 136 cm³/mol. The quantitative estimate of drug-likeness (QED) is 0.430. The number of rotatable bonds is 11. The third-order valence-electron chi connectivity index (χ3n) is 7.08. The van der Waals surface area contributed by atoms with Gasteiger partial charge in [-0.15, -0.1) is 0 Å². The molecule has 2 fully saturated rings. The lowest BCUT2D eigenvalue weighted by Crippen LogP contribution is -2.54. The zero-order valence-electron chi connectivity index (χ0n) is 21.5. The van der Waals surface area contributed by atoms with Gasteiger partial charge in [-0.25, -0.2) is 4.84 Å². The van der Waals surface area contributed by atoms with Crippen molar-refractivity contribution in [2.24, 2.45) is 11.8 Å². The number of hydrogen-bond acceptors (Lipinski definition) is 6. The predicted octanol–water partition coefficient (Wildman–Crippen LogP) is 5.38. The summed E-state index contributed by atoms with van der Waals surface area (Å²) in [5, 5.41) is 1.59. The van der Waals surface area contributed by atoms with Crippen LogP contribution in [0.3, 0.4) is 0 Å². The van der Waals surface area contributed by atoms with E-state index in [2.05, 4.69) is 79.4 Å². The number of hydroxylamine groups is 2. The molecule has 0 radical (unpaired) electrons. The van der Waals surface area contributed by atoms with Gasteiger partial charge in [0.1, 0.15) is 6.10 Å². The Morgan fingerprint density at radius 1 is 1.00 bits per heavy atom. The third kappa shape index (κ3) is 6.78. The van der Waals surface area contributed by atoms with Gasteiger partial charge in [0.2, 0.25) is 0 Å². The number of hydrogen-bond donors (Lipinski definition) is 0. The molecule has 190 valence electrons. The lowest BCUT2D eigenvalue weighted by Gasteiger charge is -2.46. The summed E-state index contributed by atoms with van der Waals surface area (Å²) in [7, 11) is 0. The van der Waals surface area contributed by atoms with Crippen LogP contribution in [0.4, 0.5) is 0 Å². The topological polar surface area (TPSA) is 51.2 Å². The van der Waals surface area contributed by atoms with Crippen LogP contribution < -0.4 is 0 Å². The Bertz CT molecular complexity index is 881. The van der Waals surface area contributed by atoms with Gasteiger partial charge < -0.3 is 4.74 Å². The summed E-state index contributed by atoms with van der Waals surface area (Å²) < 4.78 is 5.94. The van der Waals surface area contributed by atoms with Crippen molar-refractivity contribution in [1.82, 2.24) is 10.1 Å². The summed E-state index contributed by atoms with van der Waals surface area (Å²) in [6, 6.07) is 21.7. The molecule has 0 amide bonds. The fourth-order valence-corrected chi connectivity index (χ4v) is 5.47. The molecule has 5 atom stereocenters. The number of ether oxygens (including phenoxy) is 1. The van der Waals surface area contributed by atoms with Gasteiger partial charge in [0.25, 0.3) is 0 Å². The third-order valence-corrected chi connectivity index (χ3v) is 7.08. The summed E-state index contributed by atoms with van der Waals surface area (Å²) in [6.07, 6.45) is 1.63. The fraction of sp³-hybridized carbons (Fsp3) is 0.552. The monoisotopic (exact) mass is 480 g/mol. The van der Waals surface area contributed by atoms with Crippen molar-refractivity contribution in [3.8, 4) is 0 Å². The molecule has 0 N–H and O–H groups in total. The second kappa shape index (κ2) is 12.2. The lowest BCUT2D eigenvalue weighted by molar-refractivity contribution is -0.441. The molecule has 2 heterocycles. The molecule has 0 spiro atoms. The standard InChI is InChI=1S/C29H40N2O4/c1-5-33-29-17-25(27-18-28(22(4)32)34-31(27)35-29)26(16-21(2)3)30(19-23-12-8-6-9-13-23)20-24-14-10-7-11-15-24/h6-15,21,25-29H,5,16-20H2,1-4H3/t25-,26+,27-,28-,29+/m1/s1. The number of carbonyl (C=O) groups is 1. The van der Waals surface area contributed by atoms with E-state index < -0.39 is 6.10 Å². The maximum absolute atomic E-state index is 12.2. The van der Waals surface area contributed by atoms with Crippen LogP contribution in [0.2, 0.25) is 0 Å². The van der Waals surface area contributed by atoms with Gasteiger partial charge >= 0.3 is 0 Å². The SMILES string of the molecule is CCO[C@@H]1C[C@H]([C@H](CC(C)C)N(Cc2ccccc2)Cc2ccccc2)[C@H]2C[C@H](C(C)=O)ON2O1. The van der Waals surface area contributed by atoms with Crippen molar-refractivity contribution >= 4 is 5.78 Å². The van der Waals surface area contributed by atoms with Crippen LogP contribution in [0, 0.1) is 11.8 Å². The highest BCUT2D eigenvalue weighted by Crippen LogP contribution is 2.41. The van der Waals surface area contributed by atoms with E-state index in [0.29, 0.717) is 18.9 Å². The van der Waals surface area contributed by atoms with E-state index in [1.54, 1.807) is 12.2 Å². The molecule has 0 bridgehead atoms. The molecule has 2 aliphatic heterocycles. The Balaban J connectivity index is 1.68. The van der Waals surface area contributed by atoms with Gasteiger partial charge in [0, 0.05) is 38.6 Å². The summed E-state index contributed by atoms with van der Waals surface area (Å²) in [4.78, 5) is 26.9. The van der Waals surface area contributed by atoms with E-state index in [9.17, 15) is 4.79 Å². The Hall–Kier alpha value is -2.09. The average molecular weight is 481 g/mol. The first kappa shape index (κ1) is 26.0. The van der Waals surface area contributed by atoms with Crippen LogP contribution in [-0.4, -0.2) is 47.0 Å². The Kier molecular flexibility index (Phi) is 9.09. The molecule has 35 heavy (non-hydrogen) atoms. The molecule has 0 aromatic heterocycles. The van der Waals surface area contributed by atoms with Gasteiger partial charge in [-0.2, -0.15) is 0 Å². The minimum Gasteiger partial charge on any atom is -0.351 e. The van der Waals surface area contributed by atoms with E-state index in [1.807, 2.05) is 6.92 Å². The van der Waals surface area contributed by atoms with Crippen LogP contribution in [-0.2, 0) is 32.3 Å². The first-order valence-electron chi connectivity index (χ1n) is 13.0. The van der Waals surface area contributed by atoms with Crippen LogP contribution >= 0.6 is 0 Å². The lowest BCUT2D eigenvalue weighted by atomic mass is 9.80. The van der Waals surface area contributed by atoms with Gasteiger partial charge in [-0.1, -0.05) is 79.7 Å². The number of fused-ring (bicyclic) bond motifs is 1. The van der Waals surface area contributed by atoms with Crippen LogP contribution in [0.5, 0.6) is 0 Å². The molecular weight excluding hydrogens is 440 g/mol. The zero-order valence-corrected chi connectivity index (χ0v) is 21.5. The van der Waals surface area contributed by atoms with E-state index in [1.165, 1.54) is 11.1 Å². The number of benzene rings is 2. The van der Waals surface area contributed by atoms with Crippen molar-refractivity contribution < 1.29 is 19.2 Å². The second-order valence-electron chi connectivity index (χ2n) is 10.3. The summed E-state index contributed by atoms with van der Waals surface area (Å²) in [6.45, 7) is 10.4. The molecule has 0 aliphatic carbocycles. The fourth-order valence-electron chi connectivity index (χ4n) is 5.47. The average Bonchev–Trinajstić information content (AvgIpc) is 3.28. The first-order valence-corrected chi connectivity index (χ1v) is 13.0. The molecule has 2 aromatic rings. The molecule has 6 nitrogen and oxygen atoms in total. The Labute approximate surface area is 210 Å². The molecule has 0 saturated carbocycles. The molecule has 4 rings (SSSR count). The van der Waals surface area contributed by atoms with Gasteiger partial charge in [-0.05, 0) is 43.2 Å². The number of nitrogens with zero attached hydrogens (tertiary/aromatic N) is 2. The highest BCUT2D eigenvalue weighted by Gasteiger charge is 2.50. The van der Waals surface area contributed by atoms with E-state index in [4.69, 9.17) is 14.4 Å². The number of ketones is 1. The van der Waals surface area contributed by atoms with Crippen LogP contribution in [0.15, 0.2) is 60.7 Å². The van der Waals surface area contributed by atoms with Crippen molar-refractivity contribution in [1.29, 1.82) is 0 Å². The van der Waals surface area contributed by atoms with Crippen molar-refractivity contribution in [3.05, 3.63) is 71.8 Å². The number of carbonyl (C=O) groups excluding carboxylic acids is 1. The van der Waals surface area contributed by atoms with Crippen molar-refractivity contribution in [2.45, 2.75) is 84.5 Å². The highest BCUT2D eigenvalue weighted by molar-refractivity contribution is 5.80. The van der Waals surface area contributed by atoms with E-state index in [-0.39, 0.29) is 30.1 Å². The highest BCUT2D eigenvalue weighted by atomic mass is 17.0. The second-order valence-corrected chi connectivity index (χ2v) is 10.3. The van der Waals surface area contributed by atoms with Gasteiger partial charge in [-0.3, -0.25) is 14.5 Å². The largest absolute Gasteiger partial charge is 0.351 e. The smallest absolute Gasteiger partial charge is 0.180 e. The number of Topliss-reactive ketones (excluding diaryl/α,β-unsaturated/α-hetero) is 1. The first-order chi connectivity index (χ1) is 16.9. The van der Waals surface area contributed by atoms with Crippen molar-refractivity contribution in [3.63, 3.8) is 0 Å². The molecule has 0 unspecified atom stereocenters. The molecule has 2 aromatic carbocycles. The minimum absolute atomic E-state index is 0.0124. The van der Waals surface area contributed by atoms with Gasteiger partial charge in [0.15, 0.2) is 12.1 Å². The van der Waals surface area contributed by atoms with Crippen molar-refractivity contribution in [2.75, 3.05) is 6.61 Å². The maximum atomic E-state index is 12.2. The van der Waals surface area contributed by atoms with Crippen LogP contribution in [0.1, 0.15) is 58.1 Å². The molecular formula is C29H40N2O4. The minimum atomic E-state index is -0.459. The zero-order chi connectivity index (χ0) is 24.8. The normalized spacial score (nSPS) is 25.7. The van der Waals surface area contributed by atoms with Crippen LogP contribution in [0.25, 0.3) is 0 Å². The summed E-state index contributed by atoms with van der Waals surface area (Å²) in [5.74, 6) is 0.793. The Morgan fingerprint density at radius 3 is 2.11 bits per heavy atom. The van der Waals surface area contributed by atoms with E-state index >= 15 is 0 Å². The van der Waals surface area contributed by atoms with E-state index in [0.717, 1.165) is 25.9 Å². The Morgan fingerprint density at radius 2 is 1.60 bits per heavy atom. The maximum Gasteiger partial charge on any atom is 0.180 e.